The molecule has 0 rings (SSSR count). The monoisotopic (exact) mass is 389 g/mol. The average Bonchev–Trinajstić information content (AvgIpc) is 2.09. The van der Waals surface area contributed by atoms with Gasteiger partial charge in [0, 0.05) is 72.2 Å². The van der Waals surface area contributed by atoms with Crippen LogP contribution in [0.3, 0.4) is 0 Å². The van der Waals surface area contributed by atoms with Gasteiger partial charge < -0.3 is 22.2 Å². The maximum absolute atomic E-state index is 7.57. The third-order valence-electron chi connectivity index (χ3n) is 0.604. The Bertz CT molecular complexity index is 43.5. The predicted molar refractivity (Wildman–Crippen MR) is 63.2 cm³/mol. The molecule has 5 heteroatoms. The number of unbranched alkanes of at least 4 members (excludes halogenated alkanes) is 2. The van der Waals surface area contributed by atoms with E-state index < -0.39 is 0 Å². The van der Waals surface area contributed by atoms with Crippen LogP contribution in [0.15, 0.2) is 0 Å². The van der Waals surface area contributed by atoms with E-state index in [1.807, 2.05) is 0 Å². The molecular formula is C11H29O3Zr2-. The van der Waals surface area contributed by atoms with E-state index in [-0.39, 0.29) is 72.2 Å². The van der Waals surface area contributed by atoms with Gasteiger partial charge in [0.2, 0.25) is 0 Å². The van der Waals surface area contributed by atoms with Crippen molar-refractivity contribution in [3.8, 4) is 0 Å². The maximum atomic E-state index is 7.57. The fourth-order valence-corrected chi connectivity index (χ4v) is 0.250. The van der Waals surface area contributed by atoms with Gasteiger partial charge in [-0.15, -0.1) is 0 Å². The minimum absolute atomic E-state index is 0. The molecule has 0 amide bonds. The standard InChI is InChI=1S/C5H11.3C2H6O.2Zr/c1-3-5-4-2;3*1-2-3;;/h1,3-5H2,2H3;3*3H,2H2,1H3;;/q-1;;;;;. The molecule has 100 valence electrons. The van der Waals surface area contributed by atoms with Gasteiger partial charge in [0.25, 0.3) is 0 Å². The van der Waals surface area contributed by atoms with Crippen molar-refractivity contribution < 1.29 is 67.7 Å². The van der Waals surface area contributed by atoms with Crippen LogP contribution in [0.4, 0.5) is 0 Å². The minimum Gasteiger partial charge on any atom is -0.397 e. The number of aliphatic hydroxyl groups is 3. The largest absolute Gasteiger partial charge is 0.397 e. The molecule has 0 fully saturated rings. The van der Waals surface area contributed by atoms with Crippen molar-refractivity contribution in [3.63, 3.8) is 0 Å². The normalized spacial score (nSPS) is 6.00. The topological polar surface area (TPSA) is 60.7 Å². The number of aliphatic hydroxyl groups excluding tert-OH is 3. The summed E-state index contributed by atoms with van der Waals surface area (Å²) in [6.07, 6.45) is 3.65. The van der Waals surface area contributed by atoms with Gasteiger partial charge >= 0.3 is 0 Å². The second-order valence-electron chi connectivity index (χ2n) is 2.16. The van der Waals surface area contributed by atoms with E-state index in [4.69, 9.17) is 15.3 Å². The fraction of sp³-hybridized carbons (Fsp3) is 0.909. The molecule has 0 aliphatic carbocycles. The first-order valence-corrected chi connectivity index (χ1v) is 5.28. The molecule has 0 saturated heterocycles. The van der Waals surface area contributed by atoms with Gasteiger partial charge in [0.1, 0.15) is 0 Å². The van der Waals surface area contributed by atoms with E-state index in [0.29, 0.717) is 0 Å². The Morgan fingerprint density at radius 3 is 0.938 bits per heavy atom. The summed E-state index contributed by atoms with van der Waals surface area (Å²) in [7, 11) is 0. The Balaban J connectivity index is -0.0000000206. The second kappa shape index (κ2) is 69.7. The minimum atomic E-state index is 0. The van der Waals surface area contributed by atoms with E-state index in [9.17, 15) is 0 Å². The van der Waals surface area contributed by atoms with Gasteiger partial charge in [-0.3, -0.25) is 0 Å². The Hall–Kier alpha value is 1.65. The second-order valence-corrected chi connectivity index (χ2v) is 2.16. The summed E-state index contributed by atoms with van der Waals surface area (Å²) in [4.78, 5) is 0. The summed E-state index contributed by atoms with van der Waals surface area (Å²) in [5, 5.41) is 22.7. The van der Waals surface area contributed by atoms with Gasteiger partial charge in [0.15, 0.2) is 0 Å². The molecule has 0 aliphatic heterocycles. The van der Waals surface area contributed by atoms with Crippen molar-refractivity contribution in [3.05, 3.63) is 6.92 Å². The molecule has 0 aromatic heterocycles. The van der Waals surface area contributed by atoms with Gasteiger partial charge in [-0.25, -0.2) is 0 Å². The molecule has 0 atom stereocenters. The Morgan fingerprint density at radius 1 is 0.750 bits per heavy atom. The first-order valence-electron chi connectivity index (χ1n) is 5.28. The van der Waals surface area contributed by atoms with Crippen LogP contribution in [0.2, 0.25) is 0 Å². The van der Waals surface area contributed by atoms with Crippen molar-refractivity contribution in [2.45, 2.75) is 47.0 Å². The van der Waals surface area contributed by atoms with Crippen molar-refractivity contribution in [1.82, 2.24) is 0 Å². The van der Waals surface area contributed by atoms with E-state index in [1.54, 1.807) is 20.8 Å². The van der Waals surface area contributed by atoms with Crippen LogP contribution in [0, 0.1) is 6.92 Å². The maximum Gasteiger partial charge on any atom is 0.0402 e. The first-order chi connectivity index (χ1) is 6.66. The van der Waals surface area contributed by atoms with Crippen LogP contribution < -0.4 is 0 Å². The fourth-order valence-electron chi connectivity index (χ4n) is 0.250. The van der Waals surface area contributed by atoms with E-state index in [1.165, 1.54) is 12.8 Å². The number of hydrogen-bond donors (Lipinski definition) is 3. The molecular weight excluding hydrogens is 363 g/mol. The SMILES string of the molecule is CCO.CCO.CCO.[CH2-]CCCC.[Zr].[Zr]. The summed E-state index contributed by atoms with van der Waals surface area (Å²) in [5.41, 5.74) is 0. The van der Waals surface area contributed by atoms with Crippen LogP contribution >= 0.6 is 0 Å². The van der Waals surface area contributed by atoms with Crippen LogP contribution in [0.25, 0.3) is 0 Å². The third kappa shape index (κ3) is 252. The number of hydrogen-bond acceptors (Lipinski definition) is 3. The van der Waals surface area contributed by atoms with Crippen LogP contribution in [-0.4, -0.2) is 35.1 Å². The van der Waals surface area contributed by atoms with Crippen molar-refractivity contribution >= 4 is 0 Å². The molecule has 0 bridgehead atoms. The van der Waals surface area contributed by atoms with Gasteiger partial charge in [-0.1, -0.05) is 19.8 Å². The van der Waals surface area contributed by atoms with E-state index in [0.717, 1.165) is 6.42 Å². The molecule has 0 aliphatic rings. The van der Waals surface area contributed by atoms with Crippen LogP contribution in [0.5, 0.6) is 0 Å². The quantitative estimate of drug-likeness (QED) is 0.631. The first kappa shape index (κ1) is 36.1. The summed E-state index contributed by atoms with van der Waals surface area (Å²) >= 11 is 0. The van der Waals surface area contributed by atoms with Gasteiger partial charge in [-0.2, -0.15) is 6.42 Å². The Kier molecular flexibility index (Phi) is 157. The predicted octanol–water partition coefficient (Wildman–Crippen LogP) is 2.00. The Labute approximate surface area is 140 Å². The molecule has 0 aromatic carbocycles. The zero-order chi connectivity index (χ0) is 12.2. The zero-order valence-electron chi connectivity index (χ0n) is 11.3. The summed E-state index contributed by atoms with van der Waals surface area (Å²) < 4.78 is 0. The van der Waals surface area contributed by atoms with Crippen molar-refractivity contribution in [2.75, 3.05) is 19.8 Å². The molecule has 0 radical (unpaired) electrons. The number of rotatable bonds is 2. The van der Waals surface area contributed by atoms with E-state index >= 15 is 0 Å². The third-order valence-corrected chi connectivity index (χ3v) is 0.604. The van der Waals surface area contributed by atoms with E-state index in [2.05, 4.69) is 13.8 Å². The van der Waals surface area contributed by atoms with Crippen molar-refractivity contribution in [1.29, 1.82) is 0 Å². The molecule has 0 saturated carbocycles. The molecule has 3 N–H and O–H groups in total. The van der Waals surface area contributed by atoms with Crippen LogP contribution in [0.1, 0.15) is 47.0 Å². The molecule has 0 spiro atoms. The summed E-state index contributed by atoms with van der Waals surface area (Å²) in [5.74, 6) is 0. The molecule has 0 aromatic rings. The molecule has 3 nitrogen and oxygen atoms in total. The molecule has 0 heterocycles. The van der Waals surface area contributed by atoms with Gasteiger partial charge in [-0.05, 0) is 20.8 Å². The Morgan fingerprint density at radius 2 is 0.938 bits per heavy atom. The van der Waals surface area contributed by atoms with Crippen LogP contribution in [-0.2, 0) is 52.4 Å². The molecule has 16 heavy (non-hydrogen) atoms. The smallest absolute Gasteiger partial charge is 0.0402 e. The van der Waals surface area contributed by atoms with Gasteiger partial charge in [0.05, 0.1) is 0 Å². The average molecular weight is 392 g/mol. The molecule has 0 unspecified atom stereocenters. The summed E-state index contributed by atoms with van der Waals surface area (Å²) in [6.45, 7) is 11.6. The van der Waals surface area contributed by atoms with Crippen molar-refractivity contribution in [2.24, 2.45) is 0 Å². The zero-order valence-corrected chi connectivity index (χ0v) is 16.2. The summed E-state index contributed by atoms with van der Waals surface area (Å²) in [6, 6.07) is 0.